The van der Waals surface area contributed by atoms with E-state index in [1.54, 1.807) is 15.5 Å². The van der Waals surface area contributed by atoms with Crippen LogP contribution in [0.3, 0.4) is 0 Å². The number of hydrogen-bond donors (Lipinski definition) is 0. The largest absolute Gasteiger partial charge is 0.336 e. The molecule has 0 bridgehead atoms. The van der Waals surface area contributed by atoms with Crippen LogP contribution < -0.4 is 5.69 Å². The van der Waals surface area contributed by atoms with Crippen molar-refractivity contribution in [2.24, 2.45) is 0 Å². The highest BCUT2D eigenvalue weighted by Crippen LogP contribution is 2.21. The molecule has 1 amide bonds. The summed E-state index contributed by atoms with van der Waals surface area (Å²) in [6.45, 7) is 9.84. The zero-order valence-electron chi connectivity index (χ0n) is 17.6. The van der Waals surface area contributed by atoms with Crippen molar-refractivity contribution in [1.82, 2.24) is 18.3 Å². The molecule has 1 heterocycles. The Morgan fingerprint density at radius 3 is 2.07 bits per heavy atom. The molecule has 0 spiro atoms. The van der Waals surface area contributed by atoms with Crippen molar-refractivity contribution in [1.29, 1.82) is 0 Å². The Morgan fingerprint density at radius 2 is 1.61 bits per heavy atom. The molecule has 2 rings (SSSR count). The Labute approximate surface area is 166 Å². The summed E-state index contributed by atoms with van der Waals surface area (Å²) in [5.74, 6) is -0.178. The van der Waals surface area contributed by atoms with Crippen LogP contribution in [-0.4, -0.2) is 58.8 Å². The number of carbonyl (C=O) groups is 1. The van der Waals surface area contributed by atoms with Gasteiger partial charge in [0.25, 0.3) is 0 Å². The lowest BCUT2D eigenvalue weighted by Gasteiger charge is -2.30. The molecule has 0 aliphatic carbocycles. The van der Waals surface area contributed by atoms with Gasteiger partial charge in [0.15, 0.2) is 0 Å². The molecule has 0 saturated carbocycles. The number of sulfonamides is 1. The van der Waals surface area contributed by atoms with Crippen molar-refractivity contribution in [3.05, 3.63) is 28.7 Å². The van der Waals surface area contributed by atoms with E-state index in [1.807, 2.05) is 34.6 Å². The van der Waals surface area contributed by atoms with Crippen molar-refractivity contribution in [2.75, 3.05) is 14.1 Å². The zero-order valence-corrected chi connectivity index (χ0v) is 18.4. The third-order valence-electron chi connectivity index (χ3n) is 4.78. The molecule has 156 valence electrons. The van der Waals surface area contributed by atoms with Gasteiger partial charge in [0.2, 0.25) is 15.9 Å². The molecule has 0 aliphatic rings. The van der Waals surface area contributed by atoms with E-state index < -0.39 is 10.0 Å². The van der Waals surface area contributed by atoms with Crippen molar-refractivity contribution < 1.29 is 13.2 Å². The SMILES string of the molecule is CCn1c(=O)n(CC(=O)N(C(C)C)C(C)C)c2cc(S(=O)(=O)N(C)C)ccc21. The first-order chi connectivity index (χ1) is 12.9. The summed E-state index contributed by atoms with van der Waals surface area (Å²) in [5.41, 5.74) is 0.729. The van der Waals surface area contributed by atoms with Crippen LogP contribution in [0.4, 0.5) is 0 Å². The molecule has 9 heteroatoms. The maximum absolute atomic E-state index is 12.9. The monoisotopic (exact) mass is 410 g/mol. The Bertz CT molecular complexity index is 1020. The van der Waals surface area contributed by atoms with Crippen LogP contribution in [0.25, 0.3) is 11.0 Å². The first kappa shape index (κ1) is 22.2. The van der Waals surface area contributed by atoms with Crippen molar-refractivity contribution in [3.8, 4) is 0 Å². The Morgan fingerprint density at radius 1 is 1.04 bits per heavy atom. The second-order valence-corrected chi connectivity index (χ2v) is 9.69. The van der Waals surface area contributed by atoms with E-state index in [1.165, 1.54) is 30.8 Å². The summed E-state index contributed by atoms with van der Waals surface area (Å²) in [6, 6.07) is 4.57. The molecule has 0 fully saturated rings. The second-order valence-electron chi connectivity index (χ2n) is 7.54. The van der Waals surface area contributed by atoms with Gasteiger partial charge in [-0.1, -0.05) is 0 Å². The lowest BCUT2D eigenvalue weighted by molar-refractivity contribution is -0.135. The zero-order chi connectivity index (χ0) is 21.4. The third-order valence-corrected chi connectivity index (χ3v) is 6.59. The van der Waals surface area contributed by atoms with Gasteiger partial charge in [-0.05, 0) is 52.8 Å². The van der Waals surface area contributed by atoms with Crippen molar-refractivity contribution in [3.63, 3.8) is 0 Å². The fourth-order valence-corrected chi connectivity index (χ4v) is 4.44. The summed E-state index contributed by atoms with van der Waals surface area (Å²) in [6.07, 6.45) is 0. The quantitative estimate of drug-likeness (QED) is 0.696. The highest BCUT2D eigenvalue weighted by Gasteiger charge is 2.24. The fraction of sp³-hybridized carbons (Fsp3) is 0.579. The Hall–Kier alpha value is -2.13. The normalized spacial score (nSPS) is 12.5. The Kier molecular flexibility index (Phi) is 6.40. The second kappa shape index (κ2) is 8.08. The van der Waals surface area contributed by atoms with Crippen LogP contribution in [0.5, 0.6) is 0 Å². The lowest BCUT2D eigenvalue weighted by Crippen LogP contribution is -2.44. The molecule has 0 atom stereocenters. The molecule has 8 nitrogen and oxygen atoms in total. The van der Waals surface area contributed by atoms with E-state index in [9.17, 15) is 18.0 Å². The van der Waals surface area contributed by atoms with Gasteiger partial charge in [0.1, 0.15) is 6.54 Å². The van der Waals surface area contributed by atoms with Crippen LogP contribution in [0.2, 0.25) is 0 Å². The predicted octanol–water partition coefficient (Wildman–Crippen LogP) is 1.72. The third kappa shape index (κ3) is 3.86. The summed E-state index contributed by atoms with van der Waals surface area (Å²) in [4.78, 5) is 27.6. The molecule has 0 saturated heterocycles. The topological polar surface area (TPSA) is 84.6 Å². The van der Waals surface area contributed by atoms with E-state index >= 15 is 0 Å². The van der Waals surface area contributed by atoms with Gasteiger partial charge in [-0.15, -0.1) is 0 Å². The maximum atomic E-state index is 12.9. The Balaban J connectivity index is 2.66. The molecule has 1 aromatic carbocycles. The maximum Gasteiger partial charge on any atom is 0.329 e. The van der Waals surface area contributed by atoms with Gasteiger partial charge >= 0.3 is 5.69 Å². The van der Waals surface area contributed by atoms with Gasteiger partial charge in [-0.3, -0.25) is 13.9 Å². The van der Waals surface area contributed by atoms with Crippen LogP contribution in [0.15, 0.2) is 27.9 Å². The number of rotatable bonds is 7. The van der Waals surface area contributed by atoms with Crippen LogP contribution in [0.1, 0.15) is 34.6 Å². The summed E-state index contributed by atoms with van der Waals surface area (Å²) in [7, 11) is -0.744. The van der Waals surface area contributed by atoms with Gasteiger partial charge < -0.3 is 4.90 Å². The van der Waals surface area contributed by atoms with E-state index in [0.717, 1.165) is 4.31 Å². The molecule has 0 radical (unpaired) electrons. The van der Waals surface area contributed by atoms with Crippen LogP contribution in [0, 0.1) is 0 Å². The molecule has 0 aliphatic heterocycles. The van der Waals surface area contributed by atoms with E-state index in [2.05, 4.69) is 0 Å². The highest BCUT2D eigenvalue weighted by molar-refractivity contribution is 7.89. The average Bonchev–Trinajstić information content (AvgIpc) is 2.84. The minimum Gasteiger partial charge on any atom is -0.336 e. The number of aromatic nitrogens is 2. The number of amides is 1. The number of imidazole rings is 1. The van der Waals surface area contributed by atoms with Gasteiger partial charge in [0, 0.05) is 32.7 Å². The predicted molar refractivity (Wildman–Crippen MR) is 110 cm³/mol. The van der Waals surface area contributed by atoms with E-state index in [-0.39, 0.29) is 35.1 Å². The van der Waals surface area contributed by atoms with Crippen LogP contribution >= 0.6 is 0 Å². The number of benzene rings is 1. The molecule has 0 unspecified atom stereocenters. The van der Waals surface area contributed by atoms with Crippen LogP contribution in [-0.2, 0) is 27.9 Å². The standard InChI is InChI=1S/C19H30N4O4S/c1-8-21-16-10-9-15(28(26,27)20(6)7)11-17(16)22(19(21)25)12-18(24)23(13(2)3)14(4)5/h9-11,13-14H,8,12H2,1-7H3. The number of aryl methyl sites for hydroxylation is 1. The fourth-order valence-electron chi connectivity index (χ4n) is 3.52. The first-order valence-electron chi connectivity index (χ1n) is 9.40. The molecular weight excluding hydrogens is 380 g/mol. The van der Waals surface area contributed by atoms with E-state index in [4.69, 9.17) is 0 Å². The molecule has 0 N–H and O–H groups in total. The number of nitrogens with zero attached hydrogens (tertiary/aromatic N) is 4. The molecule has 2 aromatic rings. The van der Waals surface area contributed by atoms with E-state index in [0.29, 0.717) is 17.6 Å². The molecule has 1 aromatic heterocycles. The first-order valence-corrected chi connectivity index (χ1v) is 10.8. The highest BCUT2D eigenvalue weighted by atomic mass is 32.2. The lowest BCUT2D eigenvalue weighted by atomic mass is 10.2. The van der Waals surface area contributed by atoms with Gasteiger partial charge in [-0.2, -0.15) is 0 Å². The van der Waals surface area contributed by atoms with Crippen molar-refractivity contribution in [2.45, 2.75) is 64.7 Å². The number of hydrogen-bond acceptors (Lipinski definition) is 4. The smallest absolute Gasteiger partial charge is 0.329 e. The number of carbonyl (C=O) groups excluding carboxylic acids is 1. The van der Waals surface area contributed by atoms with Gasteiger partial charge in [-0.25, -0.2) is 17.5 Å². The average molecular weight is 411 g/mol. The summed E-state index contributed by atoms with van der Waals surface area (Å²) in [5, 5.41) is 0. The van der Waals surface area contributed by atoms with Gasteiger partial charge in [0.05, 0.1) is 15.9 Å². The molecular formula is C19H30N4O4S. The summed E-state index contributed by atoms with van der Waals surface area (Å²) >= 11 is 0. The minimum absolute atomic E-state index is 0.00703. The van der Waals surface area contributed by atoms with Crippen molar-refractivity contribution >= 4 is 27.0 Å². The molecule has 28 heavy (non-hydrogen) atoms. The number of fused-ring (bicyclic) bond motifs is 1. The minimum atomic E-state index is -3.65. The summed E-state index contributed by atoms with van der Waals surface area (Å²) < 4.78 is 29.1.